The third-order valence-electron chi connectivity index (χ3n) is 5.08. The molecule has 31 heavy (non-hydrogen) atoms. The van der Waals surface area contributed by atoms with Gasteiger partial charge in [-0.2, -0.15) is 0 Å². The van der Waals surface area contributed by atoms with Crippen LogP contribution in [0.1, 0.15) is 37.4 Å². The fourth-order valence-corrected chi connectivity index (χ4v) is 3.87. The highest BCUT2D eigenvalue weighted by Gasteiger charge is 2.45. The van der Waals surface area contributed by atoms with Crippen LogP contribution in [-0.4, -0.2) is 48.1 Å². The number of halogens is 1. The van der Waals surface area contributed by atoms with E-state index in [1.807, 2.05) is 44.2 Å². The van der Waals surface area contributed by atoms with Crippen LogP contribution in [0.15, 0.2) is 54.1 Å². The zero-order valence-corrected chi connectivity index (χ0v) is 18.6. The van der Waals surface area contributed by atoms with Gasteiger partial charge in [0.05, 0.1) is 29.9 Å². The number of carbonyl (C=O) groups is 2. The number of Topliss-reactive ketones (excluding diaryl/α,β-unsaturated/α-hetero) is 1. The lowest BCUT2D eigenvalue weighted by Crippen LogP contribution is -2.31. The molecule has 0 saturated carbocycles. The number of hydrogen-bond donors (Lipinski definition) is 1. The van der Waals surface area contributed by atoms with Crippen molar-refractivity contribution in [3.63, 3.8) is 0 Å². The van der Waals surface area contributed by atoms with E-state index in [0.717, 1.165) is 5.56 Å². The molecule has 1 aliphatic rings. The first-order valence-electron chi connectivity index (χ1n) is 10.1. The van der Waals surface area contributed by atoms with Gasteiger partial charge in [-0.3, -0.25) is 9.59 Å². The molecule has 0 radical (unpaired) electrons. The van der Waals surface area contributed by atoms with E-state index < -0.39 is 17.7 Å². The van der Waals surface area contributed by atoms with Gasteiger partial charge in [-0.15, -0.1) is 0 Å². The molecule has 2 aromatic carbocycles. The number of benzene rings is 2. The SMILES string of the molecule is COc1ccc(/C(O)=C2/C(=O)C(=O)N(CCCOC(C)C)C2c2ccccc2)cc1Cl. The van der Waals surface area contributed by atoms with E-state index in [-0.39, 0.29) is 17.4 Å². The molecule has 1 saturated heterocycles. The Hall–Kier alpha value is -2.83. The molecular formula is C24H26ClNO5. The van der Waals surface area contributed by atoms with Gasteiger partial charge < -0.3 is 19.5 Å². The zero-order valence-electron chi connectivity index (χ0n) is 17.8. The molecule has 0 bridgehead atoms. The van der Waals surface area contributed by atoms with Crippen LogP contribution in [0.4, 0.5) is 0 Å². The number of aliphatic hydroxyl groups excluding tert-OH is 1. The number of amides is 1. The highest BCUT2D eigenvalue weighted by molar-refractivity contribution is 6.46. The molecule has 2 aromatic rings. The van der Waals surface area contributed by atoms with Gasteiger partial charge in [0.1, 0.15) is 11.5 Å². The summed E-state index contributed by atoms with van der Waals surface area (Å²) in [6.07, 6.45) is 0.656. The van der Waals surface area contributed by atoms with E-state index in [1.54, 1.807) is 12.1 Å². The van der Waals surface area contributed by atoms with Crippen molar-refractivity contribution < 1.29 is 24.2 Å². The third kappa shape index (κ3) is 4.92. The lowest BCUT2D eigenvalue weighted by molar-refractivity contribution is -0.140. The maximum absolute atomic E-state index is 13.0. The number of hydrogen-bond acceptors (Lipinski definition) is 5. The first-order chi connectivity index (χ1) is 14.8. The Bertz CT molecular complexity index is 987. The summed E-state index contributed by atoms with van der Waals surface area (Å²) in [5, 5.41) is 11.3. The highest BCUT2D eigenvalue weighted by atomic mass is 35.5. The first-order valence-corrected chi connectivity index (χ1v) is 10.5. The van der Waals surface area contributed by atoms with Crippen LogP contribution in [0, 0.1) is 0 Å². The first kappa shape index (κ1) is 22.8. The fourth-order valence-electron chi connectivity index (χ4n) is 3.62. The molecule has 6 nitrogen and oxygen atoms in total. The van der Waals surface area contributed by atoms with Gasteiger partial charge in [0.15, 0.2) is 0 Å². The van der Waals surface area contributed by atoms with E-state index >= 15 is 0 Å². The molecule has 7 heteroatoms. The molecule has 1 aliphatic heterocycles. The molecule has 0 aliphatic carbocycles. The van der Waals surface area contributed by atoms with Gasteiger partial charge >= 0.3 is 0 Å². The van der Waals surface area contributed by atoms with Crippen molar-refractivity contribution in [2.24, 2.45) is 0 Å². The van der Waals surface area contributed by atoms with E-state index in [2.05, 4.69) is 0 Å². The minimum atomic E-state index is -0.719. The van der Waals surface area contributed by atoms with Gasteiger partial charge in [-0.05, 0) is 44.0 Å². The average molecular weight is 444 g/mol. The zero-order chi connectivity index (χ0) is 22.5. The van der Waals surface area contributed by atoms with Crippen molar-refractivity contribution in [1.82, 2.24) is 4.90 Å². The molecule has 1 N–H and O–H groups in total. The number of likely N-dealkylation sites (tertiary alicyclic amines) is 1. The second-order valence-corrected chi connectivity index (χ2v) is 7.93. The Morgan fingerprint density at radius 2 is 1.87 bits per heavy atom. The van der Waals surface area contributed by atoms with Gasteiger partial charge in [0.25, 0.3) is 11.7 Å². The molecule has 1 fully saturated rings. The molecule has 164 valence electrons. The molecule has 1 unspecified atom stereocenters. The number of carbonyl (C=O) groups excluding carboxylic acids is 2. The van der Waals surface area contributed by atoms with Gasteiger partial charge in [-0.25, -0.2) is 0 Å². The number of ketones is 1. The summed E-state index contributed by atoms with van der Waals surface area (Å²) >= 11 is 6.20. The van der Waals surface area contributed by atoms with Crippen LogP contribution in [-0.2, 0) is 14.3 Å². The largest absolute Gasteiger partial charge is 0.507 e. The summed E-state index contributed by atoms with van der Waals surface area (Å²) in [5.74, 6) is -1.18. The lowest BCUT2D eigenvalue weighted by atomic mass is 9.95. The van der Waals surface area contributed by atoms with E-state index in [9.17, 15) is 14.7 Å². The van der Waals surface area contributed by atoms with Crippen molar-refractivity contribution in [2.45, 2.75) is 32.4 Å². The van der Waals surface area contributed by atoms with Gasteiger partial charge in [0.2, 0.25) is 0 Å². The average Bonchev–Trinajstić information content (AvgIpc) is 3.01. The monoisotopic (exact) mass is 443 g/mol. The smallest absolute Gasteiger partial charge is 0.295 e. The standard InChI is InChI=1S/C24H26ClNO5/c1-15(2)31-13-7-12-26-21(16-8-5-4-6-9-16)20(23(28)24(26)29)22(27)17-10-11-19(30-3)18(25)14-17/h4-6,8-11,14-15,21,27H,7,12-13H2,1-3H3/b22-20-. The topological polar surface area (TPSA) is 76.1 Å². The number of ether oxygens (including phenoxy) is 2. The van der Waals surface area contributed by atoms with Crippen LogP contribution < -0.4 is 4.74 Å². The summed E-state index contributed by atoms with van der Waals surface area (Å²) in [5.41, 5.74) is 1.13. The number of aliphatic hydroxyl groups is 1. The Balaban J connectivity index is 2.02. The van der Waals surface area contributed by atoms with E-state index in [0.29, 0.717) is 35.9 Å². The predicted molar refractivity (Wildman–Crippen MR) is 119 cm³/mol. The van der Waals surface area contributed by atoms with Crippen LogP contribution in [0.25, 0.3) is 5.76 Å². The number of nitrogens with zero attached hydrogens (tertiary/aromatic N) is 1. The summed E-state index contributed by atoms with van der Waals surface area (Å²) in [6.45, 7) is 4.68. The number of methoxy groups -OCH3 is 1. The summed E-state index contributed by atoms with van der Waals surface area (Å²) < 4.78 is 10.7. The lowest BCUT2D eigenvalue weighted by Gasteiger charge is -2.25. The molecule has 0 spiro atoms. The van der Waals surface area contributed by atoms with E-state index in [4.69, 9.17) is 21.1 Å². The van der Waals surface area contributed by atoms with Crippen molar-refractivity contribution in [2.75, 3.05) is 20.3 Å². The minimum absolute atomic E-state index is 0.0437. The van der Waals surface area contributed by atoms with Crippen LogP contribution >= 0.6 is 11.6 Å². The molecule has 0 aromatic heterocycles. The van der Waals surface area contributed by atoms with Crippen molar-refractivity contribution >= 4 is 29.1 Å². The molecule has 3 rings (SSSR count). The summed E-state index contributed by atoms with van der Waals surface area (Å²) in [4.78, 5) is 27.3. The predicted octanol–water partition coefficient (Wildman–Crippen LogP) is 4.59. The highest BCUT2D eigenvalue weighted by Crippen LogP contribution is 2.40. The van der Waals surface area contributed by atoms with Crippen LogP contribution in [0.2, 0.25) is 5.02 Å². The van der Waals surface area contributed by atoms with Crippen LogP contribution in [0.5, 0.6) is 5.75 Å². The third-order valence-corrected chi connectivity index (χ3v) is 5.37. The Morgan fingerprint density at radius 3 is 2.48 bits per heavy atom. The maximum Gasteiger partial charge on any atom is 0.295 e. The fraction of sp³-hybridized carbons (Fsp3) is 0.333. The molecule has 1 heterocycles. The quantitative estimate of drug-likeness (QED) is 0.279. The van der Waals surface area contributed by atoms with Gasteiger partial charge in [-0.1, -0.05) is 41.9 Å². The Kier molecular flexibility index (Phi) is 7.36. The van der Waals surface area contributed by atoms with Crippen LogP contribution in [0.3, 0.4) is 0 Å². The van der Waals surface area contributed by atoms with Crippen molar-refractivity contribution in [3.8, 4) is 5.75 Å². The van der Waals surface area contributed by atoms with Gasteiger partial charge in [0, 0.05) is 18.7 Å². The minimum Gasteiger partial charge on any atom is -0.507 e. The Labute approximate surface area is 187 Å². The molecule has 1 atom stereocenters. The van der Waals surface area contributed by atoms with Crippen molar-refractivity contribution in [1.29, 1.82) is 0 Å². The second kappa shape index (κ2) is 9.98. The maximum atomic E-state index is 13.0. The Morgan fingerprint density at radius 1 is 1.16 bits per heavy atom. The van der Waals surface area contributed by atoms with E-state index in [1.165, 1.54) is 18.1 Å². The second-order valence-electron chi connectivity index (χ2n) is 7.53. The molecular weight excluding hydrogens is 418 g/mol. The molecule has 1 amide bonds. The summed E-state index contributed by atoms with van der Waals surface area (Å²) in [7, 11) is 1.49. The normalized spacial score (nSPS) is 18.1. The summed E-state index contributed by atoms with van der Waals surface area (Å²) in [6, 6.07) is 13.2. The number of rotatable bonds is 8. The van der Waals surface area contributed by atoms with Crippen molar-refractivity contribution in [3.05, 3.63) is 70.3 Å².